The van der Waals surface area contributed by atoms with Gasteiger partial charge in [-0.2, -0.15) is 0 Å². The van der Waals surface area contributed by atoms with Crippen molar-refractivity contribution in [3.63, 3.8) is 0 Å². The van der Waals surface area contributed by atoms with E-state index in [4.69, 9.17) is 0 Å². The smallest absolute Gasteiger partial charge is 0.236 e. The van der Waals surface area contributed by atoms with Gasteiger partial charge in [-0.1, -0.05) is 6.92 Å². The molecular formula is C13H25N3O2. The van der Waals surface area contributed by atoms with E-state index in [9.17, 15) is 9.59 Å². The molecule has 0 aromatic heterocycles. The van der Waals surface area contributed by atoms with Crippen molar-refractivity contribution in [3.8, 4) is 0 Å². The number of piperidine rings is 1. The zero-order chi connectivity index (χ0) is 13.5. The van der Waals surface area contributed by atoms with Gasteiger partial charge in [0.25, 0.3) is 0 Å². The van der Waals surface area contributed by atoms with Crippen LogP contribution in [0.5, 0.6) is 0 Å². The van der Waals surface area contributed by atoms with Crippen LogP contribution in [0.15, 0.2) is 0 Å². The first kappa shape index (κ1) is 15.0. The van der Waals surface area contributed by atoms with Crippen molar-refractivity contribution in [2.75, 3.05) is 26.7 Å². The molecule has 1 aliphatic rings. The van der Waals surface area contributed by atoms with Crippen molar-refractivity contribution in [1.82, 2.24) is 15.5 Å². The van der Waals surface area contributed by atoms with Gasteiger partial charge in [0.05, 0.1) is 12.5 Å². The lowest BCUT2D eigenvalue weighted by molar-refractivity contribution is -0.134. The molecule has 5 heteroatoms. The number of nitrogens with zero attached hydrogens (tertiary/aromatic N) is 1. The summed E-state index contributed by atoms with van der Waals surface area (Å²) >= 11 is 0. The maximum absolute atomic E-state index is 12.0. The molecule has 0 aromatic carbocycles. The lowest BCUT2D eigenvalue weighted by Crippen LogP contribution is -2.48. The predicted molar refractivity (Wildman–Crippen MR) is 71.1 cm³/mol. The van der Waals surface area contributed by atoms with Crippen LogP contribution in [0.4, 0.5) is 0 Å². The Morgan fingerprint density at radius 3 is 2.78 bits per heavy atom. The highest BCUT2D eigenvalue weighted by Crippen LogP contribution is 2.16. The highest BCUT2D eigenvalue weighted by Gasteiger charge is 2.27. The number of amides is 2. The van der Waals surface area contributed by atoms with Crippen molar-refractivity contribution >= 4 is 11.8 Å². The third-order valence-electron chi connectivity index (χ3n) is 3.61. The van der Waals surface area contributed by atoms with Crippen LogP contribution < -0.4 is 10.6 Å². The second-order valence-electron chi connectivity index (χ2n) is 4.98. The van der Waals surface area contributed by atoms with Crippen LogP contribution in [0.25, 0.3) is 0 Å². The molecule has 1 fully saturated rings. The number of carbonyl (C=O) groups is 2. The highest BCUT2D eigenvalue weighted by molar-refractivity contribution is 5.82. The Morgan fingerprint density at radius 2 is 2.17 bits per heavy atom. The third-order valence-corrected chi connectivity index (χ3v) is 3.61. The van der Waals surface area contributed by atoms with Crippen LogP contribution in [0.2, 0.25) is 0 Å². The number of likely N-dealkylation sites (tertiary alicyclic amines) is 1. The van der Waals surface area contributed by atoms with Crippen LogP contribution in [-0.4, -0.2) is 49.4 Å². The molecule has 0 aromatic rings. The first-order chi connectivity index (χ1) is 8.58. The quantitative estimate of drug-likeness (QED) is 0.745. The summed E-state index contributed by atoms with van der Waals surface area (Å²) in [6.45, 7) is 5.85. The summed E-state index contributed by atoms with van der Waals surface area (Å²) in [5.74, 6) is 0.0996. The summed E-state index contributed by atoms with van der Waals surface area (Å²) in [6.07, 6.45) is 2.80. The van der Waals surface area contributed by atoms with E-state index >= 15 is 0 Å². The Balaban J connectivity index is 2.41. The maximum Gasteiger partial charge on any atom is 0.236 e. The molecule has 1 saturated heterocycles. The SMILES string of the molecule is CCC(C)NCC(=O)N1CCCC(C(=O)NC)C1. The van der Waals surface area contributed by atoms with Gasteiger partial charge < -0.3 is 15.5 Å². The summed E-state index contributed by atoms with van der Waals surface area (Å²) in [4.78, 5) is 25.4. The molecular weight excluding hydrogens is 230 g/mol. The Morgan fingerprint density at radius 1 is 1.44 bits per heavy atom. The minimum Gasteiger partial charge on any atom is -0.359 e. The Bertz CT molecular complexity index is 294. The average Bonchev–Trinajstić information content (AvgIpc) is 2.43. The van der Waals surface area contributed by atoms with Crippen LogP contribution >= 0.6 is 0 Å². The van der Waals surface area contributed by atoms with E-state index in [1.54, 1.807) is 11.9 Å². The third kappa shape index (κ3) is 4.29. The molecule has 0 bridgehead atoms. The largest absolute Gasteiger partial charge is 0.359 e. The molecule has 0 radical (unpaired) electrons. The van der Waals surface area contributed by atoms with E-state index in [0.717, 1.165) is 25.8 Å². The fourth-order valence-corrected chi connectivity index (χ4v) is 2.14. The summed E-state index contributed by atoms with van der Waals surface area (Å²) in [5, 5.41) is 5.86. The van der Waals surface area contributed by atoms with Crippen LogP contribution in [-0.2, 0) is 9.59 Å². The lowest BCUT2D eigenvalue weighted by atomic mass is 9.97. The van der Waals surface area contributed by atoms with E-state index < -0.39 is 0 Å². The van der Waals surface area contributed by atoms with E-state index in [-0.39, 0.29) is 17.7 Å². The molecule has 2 N–H and O–H groups in total. The minimum absolute atomic E-state index is 0.0439. The first-order valence-electron chi connectivity index (χ1n) is 6.81. The maximum atomic E-state index is 12.0. The van der Waals surface area contributed by atoms with Crippen molar-refractivity contribution in [2.24, 2.45) is 5.92 Å². The zero-order valence-corrected chi connectivity index (χ0v) is 11.7. The molecule has 0 spiro atoms. The van der Waals surface area contributed by atoms with Crippen LogP contribution in [0, 0.1) is 5.92 Å². The van der Waals surface area contributed by atoms with E-state index in [0.29, 0.717) is 19.1 Å². The second-order valence-corrected chi connectivity index (χ2v) is 4.98. The normalized spacial score (nSPS) is 21.5. The van der Waals surface area contributed by atoms with Gasteiger partial charge in [0, 0.05) is 26.2 Å². The average molecular weight is 255 g/mol. The lowest BCUT2D eigenvalue weighted by Gasteiger charge is -2.32. The molecule has 2 amide bonds. The second kappa shape index (κ2) is 7.36. The molecule has 104 valence electrons. The summed E-state index contributed by atoms with van der Waals surface area (Å²) in [6, 6.07) is 0.355. The number of hydrogen-bond donors (Lipinski definition) is 2. The van der Waals surface area contributed by atoms with Gasteiger partial charge in [-0.3, -0.25) is 9.59 Å². The zero-order valence-electron chi connectivity index (χ0n) is 11.7. The summed E-state index contributed by atoms with van der Waals surface area (Å²) in [7, 11) is 1.65. The van der Waals surface area contributed by atoms with Crippen LogP contribution in [0.3, 0.4) is 0 Å². The Kier molecular flexibility index (Phi) is 6.12. The number of carbonyl (C=O) groups excluding carboxylic acids is 2. The topological polar surface area (TPSA) is 61.4 Å². The van der Waals surface area contributed by atoms with Crippen molar-refractivity contribution in [3.05, 3.63) is 0 Å². The molecule has 2 atom stereocenters. The highest BCUT2D eigenvalue weighted by atomic mass is 16.2. The van der Waals surface area contributed by atoms with E-state index in [2.05, 4.69) is 24.5 Å². The molecule has 18 heavy (non-hydrogen) atoms. The number of rotatable bonds is 5. The summed E-state index contributed by atoms with van der Waals surface area (Å²) < 4.78 is 0. The molecule has 5 nitrogen and oxygen atoms in total. The van der Waals surface area contributed by atoms with Gasteiger partial charge in [-0.15, -0.1) is 0 Å². The Hall–Kier alpha value is -1.10. The fourth-order valence-electron chi connectivity index (χ4n) is 2.14. The fraction of sp³-hybridized carbons (Fsp3) is 0.846. The molecule has 0 saturated carbocycles. The molecule has 1 heterocycles. The number of hydrogen-bond acceptors (Lipinski definition) is 3. The Labute approximate surface area is 109 Å². The van der Waals surface area contributed by atoms with Gasteiger partial charge in [0.2, 0.25) is 11.8 Å². The van der Waals surface area contributed by atoms with E-state index in [1.807, 2.05) is 0 Å². The molecule has 1 rings (SSSR count). The minimum atomic E-state index is -0.0451. The van der Waals surface area contributed by atoms with Crippen molar-refractivity contribution < 1.29 is 9.59 Å². The first-order valence-corrected chi connectivity index (χ1v) is 6.81. The summed E-state index contributed by atoms with van der Waals surface area (Å²) in [5.41, 5.74) is 0. The number of nitrogens with one attached hydrogen (secondary N) is 2. The van der Waals surface area contributed by atoms with Crippen molar-refractivity contribution in [1.29, 1.82) is 0 Å². The predicted octanol–water partition coefficient (Wildman–Crippen LogP) is 0.359. The molecule has 1 aliphatic heterocycles. The van der Waals surface area contributed by atoms with Gasteiger partial charge in [-0.05, 0) is 26.2 Å². The van der Waals surface area contributed by atoms with Gasteiger partial charge >= 0.3 is 0 Å². The monoisotopic (exact) mass is 255 g/mol. The van der Waals surface area contributed by atoms with Crippen LogP contribution in [0.1, 0.15) is 33.1 Å². The van der Waals surface area contributed by atoms with Gasteiger partial charge in [0.1, 0.15) is 0 Å². The van der Waals surface area contributed by atoms with Gasteiger partial charge in [0.15, 0.2) is 0 Å². The molecule has 0 aliphatic carbocycles. The van der Waals surface area contributed by atoms with Crippen molar-refractivity contribution in [2.45, 2.75) is 39.2 Å². The van der Waals surface area contributed by atoms with E-state index in [1.165, 1.54) is 0 Å². The standard InChI is InChI=1S/C13H25N3O2/c1-4-10(2)15-8-12(17)16-7-5-6-11(9-16)13(18)14-3/h10-11,15H,4-9H2,1-3H3,(H,14,18). The molecule has 2 unspecified atom stereocenters. The van der Waals surface area contributed by atoms with Gasteiger partial charge in [-0.25, -0.2) is 0 Å².